The zero-order valence-corrected chi connectivity index (χ0v) is 9.93. The van der Waals surface area contributed by atoms with E-state index in [0.29, 0.717) is 6.04 Å². The Kier molecular flexibility index (Phi) is 2.29. The summed E-state index contributed by atoms with van der Waals surface area (Å²) in [4.78, 5) is 2.37. The molecule has 17 heavy (non-hydrogen) atoms. The Morgan fingerprint density at radius 3 is 2.76 bits per heavy atom. The summed E-state index contributed by atoms with van der Waals surface area (Å²) in [6.07, 6.45) is 1.10. The molecule has 2 heteroatoms. The van der Waals surface area contributed by atoms with Gasteiger partial charge in [0.2, 0.25) is 0 Å². The van der Waals surface area contributed by atoms with Gasteiger partial charge in [0.1, 0.15) is 0 Å². The van der Waals surface area contributed by atoms with Crippen LogP contribution in [0.2, 0.25) is 0 Å². The Balaban J connectivity index is 2.09. The normalized spacial score (nSPS) is 18.2. The van der Waals surface area contributed by atoms with Crippen molar-refractivity contribution < 1.29 is 0 Å². The van der Waals surface area contributed by atoms with E-state index in [1.54, 1.807) is 0 Å². The van der Waals surface area contributed by atoms with Crippen LogP contribution in [0.1, 0.15) is 12.5 Å². The third-order valence-corrected chi connectivity index (χ3v) is 3.36. The molecule has 2 nitrogen and oxygen atoms in total. The first-order chi connectivity index (χ1) is 8.25. The number of hydrogen-bond donors (Lipinski definition) is 1. The monoisotopic (exact) mass is 224 g/mol. The lowest BCUT2D eigenvalue weighted by atomic mass is 10.1. The van der Waals surface area contributed by atoms with E-state index in [1.807, 2.05) is 18.2 Å². The Morgan fingerprint density at radius 2 is 1.94 bits per heavy atom. The maximum Gasteiger partial charge on any atom is 0.0446 e. The van der Waals surface area contributed by atoms with Gasteiger partial charge in [-0.1, -0.05) is 24.3 Å². The Bertz CT molecular complexity index is 548. The van der Waals surface area contributed by atoms with Crippen molar-refractivity contribution in [3.63, 3.8) is 0 Å². The van der Waals surface area contributed by atoms with Crippen molar-refractivity contribution in [1.29, 1.82) is 0 Å². The first-order valence-electron chi connectivity index (χ1n) is 5.98. The molecule has 2 aromatic rings. The van der Waals surface area contributed by atoms with Crippen molar-refractivity contribution in [2.45, 2.75) is 19.4 Å². The average molecular weight is 224 g/mol. The standard InChI is InChI=1S/C15H16N2/c1-11-9-12-5-2-3-8-15(12)17(11)14-7-4-6-13(16)10-14/h2-8,10-11H,9,16H2,1H3. The summed E-state index contributed by atoms with van der Waals surface area (Å²) < 4.78 is 0. The molecule has 1 heterocycles. The third-order valence-electron chi connectivity index (χ3n) is 3.36. The first kappa shape index (κ1) is 10.2. The smallest absolute Gasteiger partial charge is 0.0446 e. The summed E-state index contributed by atoms with van der Waals surface area (Å²) in [5.74, 6) is 0. The molecule has 86 valence electrons. The minimum Gasteiger partial charge on any atom is -0.399 e. The Hall–Kier alpha value is -1.96. The highest BCUT2D eigenvalue weighted by molar-refractivity contribution is 5.72. The number of benzene rings is 2. The molecule has 2 N–H and O–H groups in total. The number of fused-ring (bicyclic) bond motifs is 1. The molecular formula is C15H16N2. The fourth-order valence-corrected chi connectivity index (χ4v) is 2.63. The molecule has 0 saturated carbocycles. The minimum absolute atomic E-state index is 0.495. The molecule has 1 aliphatic rings. The molecule has 0 aromatic heterocycles. The van der Waals surface area contributed by atoms with E-state index in [-0.39, 0.29) is 0 Å². The van der Waals surface area contributed by atoms with E-state index in [9.17, 15) is 0 Å². The van der Waals surface area contributed by atoms with Crippen LogP contribution < -0.4 is 10.6 Å². The van der Waals surface area contributed by atoms with Crippen LogP contribution >= 0.6 is 0 Å². The lowest BCUT2D eigenvalue weighted by Crippen LogP contribution is -2.23. The molecule has 1 atom stereocenters. The molecule has 0 aliphatic carbocycles. The second-order valence-electron chi connectivity index (χ2n) is 4.65. The molecule has 0 bridgehead atoms. The van der Waals surface area contributed by atoms with Crippen LogP contribution in [-0.2, 0) is 6.42 Å². The number of nitrogens with two attached hydrogens (primary N) is 1. The highest BCUT2D eigenvalue weighted by atomic mass is 15.2. The fraction of sp³-hybridized carbons (Fsp3) is 0.200. The summed E-state index contributed by atoms with van der Waals surface area (Å²) >= 11 is 0. The number of nitrogens with zero attached hydrogens (tertiary/aromatic N) is 1. The Morgan fingerprint density at radius 1 is 1.12 bits per heavy atom. The molecule has 2 aromatic carbocycles. The predicted molar refractivity (Wildman–Crippen MR) is 72.6 cm³/mol. The second-order valence-corrected chi connectivity index (χ2v) is 4.65. The quantitative estimate of drug-likeness (QED) is 0.753. The van der Waals surface area contributed by atoms with Crippen molar-refractivity contribution in [2.24, 2.45) is 0 Å². The third kappa shape index (κ3) is 1.66. The lowest BCUT2D eigenvalue weighted by Gasteiger charge is -2.25. The van der Waals surface area contributed by atoms with Gasteiger partial charge in [0.25, 0.3) is 0 Å². The van der Waals surface area contributed by atoms with Gasteiger partial charge in [-0.25, -0.2) is 0 Å². The van der Waals surface area contributed by atoms with Crippen molar-refractivity contribution in [2.75, 3.05) is 10.6 Å². The SMILES string of the molecule is CC1Cc2ccccc2N1c1cccc(N)c1. The number of rotatable bonds is 1. The molecule has 0 amide bonds. The molecule has 0 saturated heterocycles. The van der Waals surface area contributed by atoms with Crippen LogP contribution in [0, 0.1) is 0 Å². The van der Waals surface area contributed by atoms with Gasteiger partial charge >= 0.3 is 0 Å². The molecule has 0 spiro atoms. The Labute approximate surface area is 102 Å². The van der Waals surface area contributed by atoms with Crippen LogP contribution in [-0.4, -0.2) is 6.04 Å². The summed E-state index contributed by atoms with van der Waals surface area (Å²) in [7, 11) is 0. The number of para-hydroxylation sites is 1. The van der Waals surface area contributed by atoms with E-state index in [2.05, 4.69) is 42.2 Å². The summed E-state index contributed by atoms with van der Waals surface area (Å²) in [6, 6.07) is 17.2. The van der Waals surface area contributed by atoms with E-state index in [1.165, 1.54) is 16.9 Å². The van der Waals surface area contributed by atoms with Gasteiger partial charge in [0.05, 0.1) is 0 Å². The topological polar surface area (TPSA) is 29.3 Å². The van der Waals surface area contributed by atoms with Gasteiger partial charge in [-0.2, -0.15) is 0 Å². The van der Waals surface area contributed by atoms with Crippen LogP contribution in [0.4, 0.5) is 17.1 Å². The summed E-state index contributed by atoms with van der Waals surface area (Å²) in [5.41, 5.74) is 10.6. The number of hydrogen-bond acceptors (Lipinski definition) is 2. The van der Waals surface area contributed by atoms with Crippen molar-refractivity contribution >= 4 is 17.1 Å². The van der Waals surface area contributed by atoms with Gasteiger partial charge in [0.15, 0.2) is 0 Å². The highest BCUT2D eigenvalue weighted by Crippen LogP contribution is 2.38. The predicted octanol–water partition coefficient (Wildman–Crippen LogP) is 3.35. The highest BCUT2D eigenvalue weighted by Gasteiger charge is 2.26. The maximum atomic E-state index is 5.86. The van der Waals surface area contributed by atoms with E-state index >= 15 is 0 Å². The van der Waals surface area contributed by atoms with Gasteiger partial charge in [-0.15, -0.1) is 0 Å². The van der Waals surface area contributed by atoms with Crippen LogP contribution in [0.25, 0.3) is 0 Å². The molecular weight excluding hydrogens is 208 g/mol. The minimum atomic E-state index is 0.495. The van der Waals surface area contributed by atoms with Crippen LogP contribution in [0.5, 0.6) is 0 Å². The van der Waals surface area contributed by atoms with Crippen LogP contribution in [0.15, 0.2) is 48.5 Å². The molecule has 0 fully saturated rings. The van der Waals surface area contributed by atoms with Gasteiger partial charge in [0, 0.05) is 23.1 Å². The molecule has 3 rings (SSSR count). The van der Waals surface area contributed by atoms with Crippen molar-refractivity contribution in [3.8, 4) is 0 Å². The van der Waals surface area contributed by atoms with Crippen molar-refractivity contribution in [1.82, 2.24) is 0 Å². The van der Waals surface area contributed by atoms with Gasteiger partial charge in [-0.3, -0.25) is 0 Å². The number of nitrogen functional groups attached to an aromatic ring is 1. The van der Waals surface area contributed by atoms with Gasteiger partial charge < -0.3 is 10.6 Å². The fourth-order valence-electron chi connectivity index (χ4n) is 2.63. The zero-order chi connectivity index (χ0) is 11.8. The summed E-state index contributed by atoms with van der Waals surface area (Å²) in [6.45, 7) is 2.25. The molecule has 0 radical (unpaired) electrons. The van der Waals surface area contributed by atoms with E-state index < -0.39 is 0 Å². The first-order valence-corrected chi connectivity index (χ1v) is 5.98. The maximum absolute atomic E-state index is 5.86. The van der Waals surface area contributed by atoms with E-state index in [0.717, 1.165) is 12.1 Å². The molecule has 1 unspecified atom stereocenters. The number of anilines is 3. The average Bonchev–Trinajstić information content (AvgIpc) is 2.64. The van der Waals surface area contributed by atoms with Crippen molar-refractivity contribution in [3.05, 3.63) is 54.1 Å². The summed E-state index contributed by atoms with van der Waals surface area (Å²) in [5, 5.41) is 0. The second kappa shape index (κ2) is 3.81. The lowest BCUT2D eigenvalue weighted by molar-refractivity contribution is 0.759. The largest absolute Gasteiger partial charge is 0.399 e. The zero-order valence-electron chi connectivity index (χ0n) is 9.93. The van der Waals surface area contributed by atoms with E-state index in [4.69, 9.17) is 5.73 Å². The van der Waals surface area contributed by atoms with Crippen LogP contribution in [0.3, 0.4) is 0 Å². The van der Waals surface area contributed by atoms with Gasteiger partial charge in [-0.05, 0) is 43.2 Å². The molecule has 1 aliphatic heterocycles.